The number of aromatic hydroxyl groups is 1. The lowest BCUT2D eigenvalue weighted by Gasteiger charge is -2.13. The van der Waals surface area contributed by atoms with Crippen LogP contribution in [0.3, 0.4) is 0 Å². The predicted octanol–water partition coefficient (Wildman–Crippen LogP) is 6.05. The summed E-state index contributed by atoms with van der Waals surface area (Å²) in [5, 5.41) is 21.2. The first-order valence-electron chi connectivity index (χ1n) is 13.1. The minimum atomic E-state index is -0.318. The molecule has 3 N–H and O–H groups in total. The van der Waals surface area contributed by atoms with Crippen LogP contribution in [0.4, 0.5) is 10.5 Å². The number of methoxy groups -OCH3 is 1. The highest BCUT2D eigenvalue weighted by molar-refractivity contribution is 5.93. The van der Waals surface area contributed by atoms with Gasteiger partial charge in [0.1, 0.15) is 11.5 Å². The molecular formula is C29H36N4O4. The number of carbonyl (C=O) groups excluding carboxylic acids is 2. The second-order valence-corrected chi connectivity index (χ2v) is 9.59. The molecule has 0 atom stereocenters. The molecule has 1 saturated carbocycles. The lowest BCUT2D eigenvalue weighted by Crippen LogP contribution is -2.30. The number of aromatic nitrogens is 2. The van der Waals surface area contributed by atoms with Crippen LogP contribution in [-0.4, -0.2) is 33.9 Å². The Kier molecular flexibility index (Phi) is 8.48. The van der Waals surface area contributed by atoms with Gasteiger partial charge in [-0.25, -0.2) is 4.79 Å². The molecule has 37 heavy (non-hydrogen) atoms. The quantitative estimate of drug-likeness (QED) is 0.308. The van der Waals surface area contributed by atoms with E-state index >= 15 is 0 Å². The number of ether oxygens (including phenoxy) is 1. The van der Waals surface area contributed by atoms with Gasteiger partial charge in [0, 0.05) is 29.6 Å². The van der Waals surface area contributed by atoms with Crippen LogP contribution in [0.25, 0.3) is 11.3 Å². The van der Waals surface area contributed by atoms with Crippen molar-refractivity contribution in [3.05, 3.63) is 59.8 Å². The van der Waals surface area contributed by atoms with Crippen molar-refractivity contribution in [2.45, 2.75) is 64.8 Å². The van der Waals surface area contributed by atoms with Crippen LogP contribution in [0.15, 0.2) is 48.5 Å². The van der Waals surface area contributed by atoms with Crippen LogP contribution >= 0.6 is 0 Å². The lowest BCUT2D eigenvalue weighted by molar-refractivity contribution is -0.120. The molecule has 1 aromatic heterocycles. The zero-order valence-electron chi connectivity index (χ0n) is 21.8. The first-order chi connectivity index (χ1) is 17.9. The zero-order chi connectivity index (χ0) is 26.4. The first-order valence-corrected chi connectivity index (χ1v) is 13.1. The number of nitrogens with zero attached hydrogens (tertiary/aromatic N) is 2. The standard InChI is InChI=1S/C29H36N4O4/c1-4-20(5-2)28(35)31-22-12-15-27(34)24(16-22)25-17-26(21-8-6-7-9-21)33(32-25)29(36)30-18-19-10-13-23(37-3)14-11-19/h10-17,20-21,34H,4-9,18H2,1-3H3,(H,30,36)(H,31,35). The molecule has 3 aromatic rings. The lowest BCUT2D eigenvalue weighted by atomic mass is 10.0. The molecule has 8 heteroatoms. The number of anilines is 1. The molecule has 0 aliphatic heterocycles. The van der Waals surface area contributed by atoms with Crippen molar-refractivity contribution in [1.82, 2.24) is 15.1 Å². The van der Waals surface area contributed by atoms with Crippen LogP contribution in [0.2, 0.25) is 0 Å². The van der Waals surface area contributed by atoms with E-state index in [1.807, 2.05) is 44.2 Å². The Bertz CT molecular complexity index is 1230. The third-order valence-corrected chi connectivity index (χ3v) is 7.20. The highest BCUT2D eigenvalue weighted by Crippen LogP contribution is 2.38. The van der Waals surface area contributed by atoms with Crippen LogP contribution in [0.5, 0.6) is 11.5 Å². The van der Waals surface area contributed by atoms with Gasteiger partial charge in [-0.1, -0.05) is 38.8 Å². The van der Waals surface area contributed by atoms with Crippen molar-refractivity contribution in [2.75, 3.05) is 12.4 Å². The van der Waals surface area contributed by atoms with E-state index in [1.54, 1.807) is 25.3 Å². The Morgan fingerprint density at radius 1 is 1.08 bits per heavy atom. The minimum Gasteiger partial charge on any atom is -0.507 e. The molecule has 0 spiro atoms. The van der Waals surface area contributed by atoms with Crippen molar-refractivity contribution < 1.29 is 19.4 Å². The first kappa shape index (κ1) is 26.3. The highest BCUT2D eigenvalue weighted by atomic mass is 16.5. The number of carbonyl (C=O) groups is 2. The van der Waals surface area contributed by atoms with E-state index in [2.05, 4.69) is 15.7 Å². The molecule has 0 saturated heterocycles. The zero-order valence-corrected chi connectivity index (χ0v) is 21.8. The van der Waals surface area contributed by atoms with Gasteiger partial charge in [0.15, 0.2) is 0 Å². The summed E-state index contributed by atoms with van der Waals surface area (Å²) in [7, 11) is 1.62. The van der Waals surface area contributed by atoms with Crippen LogP contribution in [0.1, 0.15) is 69.5 Å². The van der Waals surface area contributed by atoms with Crippen LogP contribution in [-0.2, 0) is 11.3 Å². The van der Waals surface area contributed by atoms with Gasteiger partial charge in [-0.3, -0.25) is 4.79 Å². The molecule has 0 radical (unpaired) electrons. The largest absolute Gasteiger partial charge is 0.507 e. The van der Waals surface area contributed by atoms with Gasteiger partial charge < -0.3 is 20.5 Å². The fourth-order valence-electron chi connectivity index (χ4n) is 4.92. The van der Waals surface area contributed by atoms with Gasteiger partial charge in [0.05, 0.1) is 18.5 Å². The normalized spacial score (nSPS) is 13.6. The summed E-state index contributed by atoms with van der Waals surface area (Å²) >= 11 is 0. The van der Waals surface area contributed by atoms with Gasteiger partial charge in [-0.05, 0) is 67.6 Å². The molecule has 1 aliphatic rings. The Morgan fingerprint density at radius 3 is 2.43 bits per heavy atom. The van der Waals surface area contributed by atoms with Crippen LogP contribution in [0, 0.1) is 5.92 Å². The van der Waals surface area contributed by atoms with E-state index in [0.29, 0.717) is 23.5 Å². The van der Waals surface area contributed by atoms with E-state index in [-0.39, 0.29) is 29.5 Å². The maximum absolute atomic E-state index is 13.2. The summed E-state index contributed by atoms with van der Waals surface area (Å²) in [5.41, 5.74) is 3.35. The molecular weight excluding hydrogens is 468 g/mol. The minimum absolute atomic E-state index is 0.0433. The molecule has 0 bridgehead atoms. The number of hydrogen-bond acceptors (Lipinski definition) is 5. The molecule has 1 aliphatic carbocycles. The number of phenols is 1. The van der Waals surface area contributed by atoms with E-state index in [4.69, 9.17) is 4.74 Å². The third-order valence-electron chi connectivity index (χ3n) is 7.20. The van der Waals surface area contributed by atoms with Crippen molar-refractivity contribution in [1.29, 1.82) is 0 Å². The number of amides is 2. The van der Waals surface area contributed by atoms with Gasteiger partial charge in [0.25, 0.3) is 0 Å². The van der Waals surface area contributed by atoms with Crippen molar-refractivity contribution in [3.8, 4) is 22.8 Å². The van der Waals surface area contributed by atoms with Gasteiger partial charge >= 0.3 is 6.03 Å². The molecule has 1 heterocycles. The average Bonchev–Trinajstić information content (AvgIpc) is 3.60. The molecule has 8 nitrogen and oxygen atoms in total. The van der Waals surface area contributed by atoms with Crippen molar-refractivity contribution >= 4 is 17.6 Å². The maximum atomic E-state index is 13.2. The summed E-state index contributed by atoms with van der Waals surface area (Å²) in [4.78, 5) is 25.8. The summed E-state index contributed by atoms with van der Waals surface area (Å²) in [6.45, 7) is 4.34. The average molecular weight is 505 g/mol. The summed E-state index contributed by atoms with van der Waals surface area (Å²) in [6, 6.07) is 14.0. The van der Waals surface area contributed by atoms with Crippen LogP contribution < -0.4 is 15.4 Å². The third kappa shape index (κ3) is 6.13. The van der Waals surface area contributed by atoms with Crippen molar-refractivity contribution in [3.63, 3.8) is 0 Å². The predicted molar refractivity (Wildman–Crippen MR) is 144 cm³/mol. The smallest absolute Gasteiger partial charge is 0.342 e. The van der Waals surface area contributed by atoms with E-state index in [9.17, 15) is 14.7 Å². The van der Waals surface area contributed by atoms with Gasteiger partial charge in [0.2, 0.25) is 5.91 Å². The van der Waals surface area contributed by atoms with Gasteiger partial charge in [-0.2, -0.15) is 9.78 Å². The Labute approximate surface area is 218 Å². The molecule has 2 amide bonds. The van der Waals surface area contributed by atoms with Crippen molar-refractivity contribution in [2.24, 2.45) is 5.92 Å². The number of benzene rings is 2. The highest BCUT2D eigenvalue weighted by Gasteiger charge is 2.26. The van der Waals surface area contributed by atoms with Gasteiger partial charge in [-0.15, -0.1) is 0 Å². The fraction of sp³-hybridized carbons (Fsp3) is 0.414. The number of nitrogens with one attached hydrogen (secondary N) is 2. The number of hydrogen-bond donors (Lipinski definition) is 3. The topological polar surface area (TPSA) is 105 Å². The van der Waals surface area contributed by atoms with E-state index in [0.717, 1.165) is 55.5 Å². The molecule has 2 aromatic carbocycles. The summed E-state index contributed by atoms with van der Waals surface area (Å²) < 4.78 is 6.63. The number of rotatable bonds is 9. The fourth-order valence-corrected chi connectivity index (χ4v) is 4.92. The molecule has 4 rings (SSSR count). The van der Waals surface area contributed by atoms with E-state index in [1.165, 1.54) is 4.68 Å². The van der Waals surface area contributed by atoms with E-state index < -0.39 is 0 Å². The SMILES string of the molecule is CCC(CC)C(=O)Nc1ccc(O)c(-c2cc(C3CCCC3)n(C(=O)NCc3ccc(OC)cc3)n2)c1. The monoisotopic (exact) mass is 504 g/mol. The Morgan fingerprint density at radius 2 is 1.78 bits per heavy atom. The Hall–Kier alpha value is -3.81. The number of phenolic OH excluding ortho intramolecular Hbond substituents is 1. The second-order valence-electron chi connectivity index (χ2n) is 9.59. The maximum Gasteiger partial charge on any atom is 0.342 e. The summed E-state index contributed by atoms with van der Waals surface area (Å²) in [5.74, 6) is 0.916. The Balaban J connectivity index is 1.59. The molecule has 1 fully saturated rings. The molecule has 196 valence electrons. The summed E-state index contributed by atoms with van der Waals surface area (Å²) in [6.07, 6.45) is 5.73. The molecule has 0 unspecified atom stereocenters. The second kappa shape index (κ2) is 12.0.